The number of halogens is 6. The van der Waals surface area contributed by atoms with E-state index in [4.69, 9.17) is 19.4 Å². The number of methoxy groups -OCH3 is 2. The van der Waals surface area contributed by atoms with Gasteiger partial charge in [-0.1, -0.05) is 12.1 Å². The van der Waals surface area contributed by atoms with Crippen LogP contribution < -0.4 is 14.8 Å². The predicted molar refractivity (Wildman–Crippen MR) is 132 cm³/mol. The van der Waals surface area contributed by atoms with Gasteiger partial charge in [-0.05, 0) is 68.1 Å². The summed E-state index contributed by atoms with van der Waals surface area (Å²) in [5.41, 5.74) is 0.345. The highest BCUT2D eigenvalue weighted by Gasteiger charge is 2.50. The Balaban J connectivity index is 0.000000559. The zero-order valence-corrected chi connectivity index (χ0v) is 22.0. The molecule has 1 aliphatic heterocycles. The van der Waals surface area contributed by atoms with Crippen LogP contribution >= 0.6 is 0 Å². The van der Waals surface area contributed by atoms with Gasteiger partial charge in [-0.3, -0.25) is 4.79 Å². The van der Waals surface area contributed by atoms with Crippen molar-refractivity contribution in [2.45, 2.75) is 43.1 Å². The first-order chi connectivity index (χ1) is 18.6. The number of benzene rings is 2. The second-order valence-corrected chi connectivity index (χ2v) is 9.95. The summed E-state index contributed by atoms with van der Waals surface area (Å²) >= 11 is 0. The van der Waals surface area contributed by atoms with Crippen molar-refractivity contribution in [1.82, 2.24) is 10.2 Å². The lowest BCUT2D eigenvalue weighted by molar-refractivity contribution is -0.192. The van der Waals surface area contributed by atoms with Crippen molar-refractivity contribution in [3.05, 3.63) is 59.2 Å². The molecule has 0 bridgehead atoms. The maximum atomic E-state index is 13.0. The van der Waals surface area contributed by atoms with Crippen molar-refractivity contribution in [2.75, 3.05) is 34.4 Å². The first-order valence-electron chi connectivity index (χ1n) is 12.3. The number of hydrogen-bond donors (Lipinski definition) is 2. The number of carboxylic acids is 1. The number of nitrogens with one attached hydrogen (secondary N) is 1. The average Bonchev–Trinajstić information content (AvgIpc) is 3.23. The van der Waals surface area contributed by atoms with Gasteiger partial charge in [0.1, 0.15) is 0 Å². The number of alkyl halides is 6. The first-order valence-corrected chi connectivity index (χ1v) is 12.3. The minimum Gasteiger partial charge on any atom is -0.493 e. The number of hydrogen-bond acceptors (Lipinski definition) is 5. The highest BCUT2D eigenvalue weighted by molar-refractivity contribution is 5.94. The summed E-state index contributed by atoms with van der Waals surface area (Å²) in [5.74, 6) is -1.54. The summed E-state index contributed by atoms with van der Waals surface area (Å²) in [6.45, 7) is 1.80. The third kappa shape index (κ3) is 6.98. The maximum absolute atomic E-state index is 13.0. The number of aliphatic carboxylic acids is 1. The van der Waals surface area contributed by atoms with Crippen LogP contribution in [0.15, 0.2) is 42.5 Å². The molecule has 40 heavy (non-hydrogen) atoms. The Bertz CT molecular complexity index is 1220. The summed E-state index contributed by atoms with van der Waals surface area (Å²) in [5, 5.41) is 10.1. The number of carbonyl (C=O) groups excluding carboxylic acids is 1. The number of rotatable bonds is 5. The third-order valence-corrected chi connectivity index (χ3v) is 7.36. The van der Waals surface area contributed by atoms with Gasteiger partial charge >= 0.3 is 18.3 Å². The molecule has 3 unspecified atom stereocenters. The van der Waals surface area contributed by atoms with Gasteiger partial charge < -0.3 is 24.8 Å². The molecule has 7 nitrogen and oxygen atoms in total. The van der Waals surface area contributed by atoms with Crippen LogP contribution in [-0.2, 0) is 16.4 Å². The number of fused-ring (bicyclic) bond motifs is 1. The van der Waals surface area contributed by atoms with E-state index >= 15 is 0 Å². The largest absolute Gasteiger partial charge is 0.493 e. The first kappa shape index (κ1) is 31.1. The standard InChI is InChI=1S/C25H29F3N2O3.C2HF3O2/c1-30-14-19-12-20(29-23(31)16-5-4-6-18(11-16)25(26,27)28)9-10-24(19,15-30)17-7-8-21(32-2)22(13-17)33-3;3-2(4,5)1(6)7/h4-8,11,13,19-20H,9-10,12,14-15H2,1-3H3,(H,29,31);(H,6,7). The molecule has 1 aliphatic carbocycles. The summed E-state index contributed by atoms with van der Waals surface area (Å²) in [4.78, 5) is 23.9. The molecule has 2 N–H and O–H groups in total. The molecule has 1 saturated heterocycles. The number of likely N-dealkylation sites (N-methyl/N-ethyl adjacent to an activating group) is 1. The Morgan fingerprint density at radius 3 is 2.25 bits per heavy atom. The Morgan fingerprint density at radius 2 is 1.68 bits per heavy atom. The normalized spacial score (nSPS) is 22.9. The van der Waals surface area contributed by atoms with Gasteiger partial charge in [0.15, 0.2) is 11.5 Å². The molecule has 13 heteroatoms. The van der Waals surface area contributed by atoms with Crippen molar-refractivity contribution in [3.8, 4) is 11.5 Å². The molecule has 220 valence electrons. The fourth-order valence-corrected chi connectivity index (χ4v) is 5.56. The number of likely N-dealkylation sites (tertiary alicyclic amines) is 1. The molecular weight excluding hydrogens is 546 g/mol. The van der Waals surface area contributed by atoms with E-state index in [1.807, 2.05) is 12.1 Å². The summed E-state index contributed by atoms with van der Waals surface area (Å²) in [6, 6.07) is 10.6. The molecule has 0 spiro atoms. The smallest absolute Gasteiger partial charge is 0.490 e. The summed E-state index contributed by atoms with van der Waals surface area (Å²) in [7, 11) is 5.33. The van der Waals surface area contributed by atoms with E-state index in [1.165, 1.54) is 17.7 Å². The van der Waals surface area contributed by atoms with Crippen LogP contribution in [0, 0.1) is 5.92 Å². The van der Waals surface area contributed by atoms with Gasteiger partial charge in [0, 0.05) is 30.1 Å². The van der Waals surface area contributed by atoms with E-state index in [0.717, 1.165) is 44.5 Å². The van der Waals surface area contributed by atoms with E-state index < -0.39 is 29.8 Å². The van der Waals surface area contributed by atoms with Gasteiger partial charge in [0.05, 0.1) is 19.8 Å². The number of ether oxygens (including phenoxy) is 2. The van der Waals surface area contributed by atoms with Gasteiger partial charge in [0.25, 0.3) is 5.91 Å². The Kier molecular flexibility index (Phi) is 9.28. The molecule has 0 radical (unpaired) electrons. The maximum Gasteiger partial charge on any atom is 0.490 e. The minimum absolute atomic E-state index is 0.0325. The number of amides is 1. The molecule has 1 amide bonds. The fourth-order valence-electron chi connectivity index (χ4n) is 5.56. The molecule has 0 aromatic heterocycles. The molecule has 4 rings (SSSR count). The van der Waals surface area contributed by atoms with Crippen LogP contribution in [0.2, 0.25) is 0 Å². The Morgan fingerprint density at radius 1 is 1.02 bits per heavy atom. The molecule has 1 saturated carbocycles. The number of carboxylic acid groups (broad SMARTS) is 1. The predicted octanol–water partition coefficient (Wildman–Crippen LogP) is 5.14. The highest BCUT2D eigenvalue weighted by atomic mass is 19.4. The van der Waals surface area contributed by atoms with Crippen molar-refractivity contribution in [3.63, 3.8) is 0 Å². The van der Waals surface area contributed by atoms with E-state index in [0.29, 0.717) is 17.4 Å². The molecule has 2 aromatic carbocycles. The summed E-state index contributed by atoms with van der Waals surface area (Å²) in [6.07, 6.45) is -7.17. The van der Waals surface area contributed by atoms with E-state index in [-0.39, 0.29) is 17.0 Å². The molecule has 2 aliphatic rings. The van der Waals surface area contributed by atoms with E-state index in [2.05, 4.69) is 23.3 Å². The van der Waals surface area contributed by atoms with Crippen molar-refractivity contribution < 1.29 is 50.5 Å². The quantitative estimate of drug-likeness (QED) is 0.480. The van der Waals surface area contributed by atoms with E-state index in [1.54, 1.807) is 14.2 Å². The summed E-state index contributed by atoms with van der Waals surface area (Å²) < 4.78 is 81.7. The average molecular weight is 577 g/mol. The SMILES string of the molecule is COc1ccc(C23CCC(NC(=O)c4cccc(C(F)(F)F)c4)CC2CN(C)C3)cc1OC.O=C(O)C(F)(F)F. The third-order valence-electron chi connectivity index (χ3n) is 7.36. The lowest BCUT2D eigenvalue weighted by Gasteiger charge is -2.43. The zero-order valence-electron chi connectivity index (χ0n) is 22.0. The van der Waals surface area contributed by atoms with Gasteiger partial charge in [0.2, 0.25) is 0 Å². The second kappa shape index (κ2) is 11.9. The monoisotopic (exact) mass is 576 g/mol. The zero-order chi connectivity index (χ0) is 29.9. The molecule has 3 atom stereocenters. The van der Waals surface area contributed by atoms with Gasteiger partial charge in [-0.25, -0.2) is 4.79 Å². The van der Waals surface area contributed by atoms with Crippen LogP contribution in [0.25, 0.3) is 0 Å². The van der Waals surface area contributed by atoms with Gasteiger partial charge in [-0.2, -0.15) is 26.3 Å². The molecule has 2 aromatic rings. The van der Waals surface area contributed by atoms with Crippen LogP contribution in [0.5, 0.6) is 11.5 Å². The minimum atomic E-state index is -5.08. The number of carbonyl (C=O) groups is 2. The Hall–Kier alpha value is -3.48. The van der Waals surface area contributed by atoms with Crippen LogP contribution in [0.1, 0.15) is 40.7 Å². The van der Waals surface area contributed by atoms with Gasteiger partial charge in [-0.15, -0.1) is 0 Å². The lowest BCUT2D eigenvalue weighted by Crippen LogP contribution is -2.47. The van der Waals surface area contributed by atoms with Crippen molar-refractivity contribution >= 4 is 11.9 Å². The topological polar surface area (TPSA) is 88.1 Å². The number of nitrogens with zero attached hydrogens (tertiary/aromatic N) is 1. The van der Waals surface area contributed by atoms with E-state index in [9.17, 15) is 31.1 Å². The molecule has 1 heterocycles. The van der Waals surface area contributed by atoms with Crippen LogP contribution in [0.4, 0.5) is 26.3 Å². The molecular formula is C27H30F6N2O5. The molecule has 2 fully saturated rings. The van der Waals surface area contributed by atoms with Crippen LogP contribution in [-0.4, -0.2) is 68.5 Å². The van der Waals surface area contributed by atoms with Crippen molar-refractivity contribution in [1.29, 1.82) is 0 Å². The lowest BCUT2D eigenvalue weighted by atomic mass is 9.63. The van der Waals surface area contributed by atoms with Crippen LogP contribution in [0.3, 0.4) is 0 Å². The fraction of sp³-hybridized carbons (Fsp3) is 0.481. The second-order valence-electron chi connectivity index (χ2n) is 9.95. The highest BCUT2D eigenvalue weighted by Crippen LogP contribution is 2.49. The Labute approximate surface area is 227 Å². The van der Waals surface area contributed by atoms with Crippen molar-refractivity contribution in [2.24, 2.45) is 5.92 Å².